The van der Waals surface area contributed by atoms with Crippen LogP contribution in [-0.2, 0) is 33.3 Å². The zero-order valence-electron chi connectivity index (χ0n) is 80.6. The predicted octanol–water partition coefficient (Wildman–Crippen LogP) is 25.8. The van der Waals surface area contributed by atoms with Gasteiger partial charge in [0.15, 0.2) is 11.6 Å². The first kappa shape index (κ1) is 113. The van der Waals surface area contributed by atoms with Crippen LogP contribution in [0.15, 0.2) is 503 Å². The van der Waals surface area contributed by atoms with Crippen LogP contribution in [-0.4, -0.2) is 92.6 Å². The van der Waals surface area contributed by atoms with Crippen molar-refractivity contribution in [1.82, 2.24) is 50.3 Å². The summed E-state index contributed by atoms with van der Waals surface area (Å²) >= 11 is 7.02. The molecule has 22 rings (SSSR count). The maximum absolute atomic E-state index is 8.40. The summed E-state index contributed by atoms with van der Waals surface area (Å²) in [6.45, 7) is 5.41. The Morgan fingerprint density at radius 1 is 0.338 bits per heavy atom. The van der Waals surface area contributed by atoms with E-state index in [0.29, 0.717) is 30.3 Å². The Morgan fingerprint density at radius 2 is 0.621 bits per heavy atom. The fraction of sp³-hybridized carbons (Fsp3) is 0.0667. The number of nitrogens with two attached hydrogens (primary N) is 2. The number of nitrogens with one attached hydrogen (secondary N) is 4. The third kappa shape index (κ3) is 35.9. The van der Waals surface area contributed by atoms with E-state index in [1.165, 1.54) is 88.7 Å². The molecule has 8 heterocycles. The van der Waals surface area contributed by atoms with Crippen molar-refractivity contribution in [2.45, 2.75) is 38.8 Å². The number of anilines is 2. The minimum atomic E-state index is -1.43. The molecule has 145 heavy (non-hydrogen) atoms. The monoisotopic (exact) mass is 2170 g/mol. The van der Waals surface area contributed by atoms with Gasteiger partial charge in [-0.15, -0.1) is 22.7 Å². The minimum Gasteiger partial charge on any atom is -0.422 e. The van der Waals surface area contributed by atoms with Crippen molar-refractivity contribution in [2.75, 3.05) is 23.7 Å². The normalized spacial score (nSPS) is 10.5. The maximum Gasteiger partial charge on any atom is 0.507 e. The number of halogens is 1. The topological polar surface area (TPSA) is 251 Å². The molecule has 25 heteroatoms. The summed E-state index contributed by atoms with van der Waals surface area (Å²) in [7, 11) is -1.88. The number of hydrogen-bond donors (Lipinski definition) is 8. The smallest absolute Gasteiger partial charge is 0.422 e. The molecule has 0 bridgehead atoms. The predicted molar refractivity (Wildman–Crippen MR) is 629 cm³/mol. The fourth-order valence-corrected chi connectivity index (χ4v) is 19.8. The zero-order valence-corrected chi connectivity index (χ0v) is 90.5. The van der Waals surface area contributed by atoms with Gasteiger partial charge in [0.25, 0.3) is 0 Å². The van der Waals surface area contributed by atoms with Gasteiger partial charge in [0.1, 0.15) is 17.2 Å². The summed E-state index contributed by atoms with van der Waals surface area (Å²) in [4.78, 5) is 29.9. The average molecular weight is 2170 g/mol. The van der Waals surface area contributed by atoms with Gasteiger partial charge in [-0.25, -0.2) is 19.9 Å². The Balaban J connectivity index is 0.000000174. The van der Waals surface area contributed by atoms with Crippen LogP contribution in [0.4, 0.5) is 11.6 Å². The molecule has 5 atom stereocenters. The second kappa shape index (κ2) is 62.7. The Bertz CT molecular complexity index is 6670. The second-order valence-corrected chi connectivity index (χ2v) is 37.5. The molecule has 14 aromatic carbocycles. The summed E-state index contributed by atoms with van der Waals surface area (Å²) in [5, 5.41) is 41.0. The SMILES string of the molecule is Cc1sc2c(NC[C@@H](N)Cc3ccccc3)nc(-c3ccncc3)nc2c1-c1ccn[nH]1.Cc1sc2c(NC[C@@H](N)Cc3ccccc3)nc(-c3ccncc3)nc2c1Br.OB(O)c1ccn[nH]1.P.P.P.[Pd].[c-]1ccccc1.c1ccc(-c2ccccc2)cc1.c1ccc(-c2ccccc2)cc1.c1ccc(-c2ccccc2)cc1.c1ccc(-c2ccccc2)cc1.c1ccc(P(c2ccccc2)c2ccccc2)cc1. The Kier molecular flexibility index (Phi) is 49.0. The van der Waals surface area contributed by atoms with Gasteiger partial charge in [-0.05, 0) is 158 Å². The van der Waals surface area contributed by atoms with Crippen LogP contribution in [0.1, 0.15) is 20.9 Å². The van der Waals surface area contributed by atoms with Crippen molar-refractivity contribution >= 4 is 137 Å². The van der Waals surface area contributed by atoms with E-state index in [9.17, 15) is 0 Å². The molecule has 22 aromatic rings. The molecule has 0 radical (unpaired) electrons. The van der Waals surface area contributed by atoms with Crippen molar-refractivity contribution in [3.05, 3.63) is 530 Å². The number of hydrogen-bond acceptors (Lipinski definition) is 16. The van der Waals surface area contributed by atoms with Crippen LogP contribution in [0.2, 0.25) is 0 Å². The van der Waals surface area contributed by atoms with Gasteiger partial charge >= 0.3 is 7.12 Å². The second-order valence-electron chi connectivity index (χ2n) is 32.0. The van der Waals surface area contributed by atoms with Crippen LogP contribution in [0.5, 0.6) is 0 Å². The number of pyridine rings is 2. The first-order valence-electron chi connectivity index (χ1n) is 46.2. The molecule has 10 N–H and O–H groups in total. The largest absolute Gasteiger partial charge is 0.507 e. The number of H-pyrrole nitrogens is 2. The first-order valence-corrected chi connectivity index (χ1v) is 50.0. The van der Waals surface area contributed by atoms with Gasteiger partial charge < -0.3 is 32.1 Å². The van der Waals surface area contributed by atoms with Gasteiger partial charge in [-0.1, -0.05) is 394 Å². The molecule has 0 aliphatic rings. The number of thiophene rings is 2. The van der Waals surface area contributed by atoms with Gasteiger partial charge in [-0.3, -0.25) is 20.2 Å². The Morgan fingerprint density at radius 3 is 0.897 bits per heavy atom. The molecule has 0 saturated carbocycles. The van der Waals surface area contributed by atoms with Crippen molar-refractivity contribution < 1.29 is 30.5 Å². The molecule has 8 aromatic heterocycles. The van der Waals surface area contributed by atoms with Crippen LogP contribution >= 0.6 is 76.2 Å². The molecule has 0 amide bonds. The summed E-state index contributed by atoms with van der Waals surface area (Å²) < 4.78 is 3.06. The van der Waals surface area contributed by atoms with Gasteiger partial charge in [-0.2, -0.15) is 76.3 Å². The van der Waals surface area contributed by atoms with E-state index in [1.54, 1.807) is 53.7 Å². The molecule has 732 valence electrons. The Hall–Kier alpha value is -13.8. The first-order chi connectivity index (χ1) is 69.4. The number of fused-ring (bicyclic) bond motifs is 2. The van der Waals surface area contributed by atoms with Crippen LogP contribution < -0.4 is 43.6 Å². The van der Waals surface area contributed by atoms with Crippen molar-refractivity contribution in [3.63, 3.8) is 0 Å². The molecular weight excluding hydrogens is 2050 g/mol. The van der Waals surface area contributed by atoms with Crippen LogP contribution in [0.3, 0.4) is 0 Å². The third-order valence-electron chi connectivity index (χ3n) is 21.7. The number of nitrogens with zero attached hydrogens (tertiary/aromatic N) is 8. The summed E-state index contributed by atoms with van der Waals surface area (Å²) in [6, 6.07) is 160. The molecular formula is C120H117BBrN14O2P4PdS2-. The van der Waals surface area contributed by atoms with Gasteiger partial charge in [0.2, 0.25) is 0 Å². The molecule has 0 aliphatic carbocycles. The number of rotatable bonds is 21. The average Bonchev–Trinajstić information content (AvgIpc) is 1.61. The molecule has 0 saturated heterocycles. The maximum atomic E-state index is 8.40. The standard InChI is InChI=1S/C24H23N7S.C21H20BrN5S.C18H15P.4C12H10.C6H5.C3H5BN2O2.3H3P.Pd/c1-15-20(19-9-12-28-31-19)21-22(32-15)24(30-23(29-21)17-7-10-26-11-8-17)27-14-18(25)13-16-5-3-2-4-6-16;1-13-17(22)18-19(28-13)21(27-20(26-18)15-7-9-24-10-8-15)25-12-16(23)11-14-5-3-2-4-6-14;1-4-10-16(11-5-1)19(17-12-6-2-7-13-17)18-14-8-3-9-15-18;4*1-3-7-11(8-4-1)12-9-5-2-6-10-12;1-2-4-6-5-3-1;7-4(8)3-1-2-5-6-3;;;;/h2-12,18H,13-14,25H2,1H3,(H,28,31)(H,27,29,30);2-10,16H,11-12,23H2,1H3,(H,25,26,27);1-15H;4*1-10H;1-5H;1-2,7-8H,(H,5,6);3*1H3;/q;;;;;;;-1;;;;;/t18-;16-;;;;;;;;;;;/m00.........../s1. The van der Waals surface area contributed by atoms with E-state index in [1.807, 2.05) is 146 Å². The van der Waals surface area contributed by atoms with Gasteiger partial charge in [0, 0.05) is 109 Å². The number of aromatic amines is 2. The summed E-state index contributed by atoms with van der Waals surface area (Å²) in [5.74, 6) is 2.94. The molecule has 3 unspecified atom stereocenters. The van der Waals surface area contributed by atoms with Crippen LogP contribution in [0.25, 0.3) is 99.0 Å². The van der Waals surface area contributed by atoms with Crippen LogP contribution in [0, 0.1) is 19.9 Å². The van der Waals surface area contributed by atoms with Crippen molar-refractivity contribution in [3.8, 4) is 78.5 Å². The molecule has 16 nitrogen and oxygen atoms in total. The minimum absolute atomic E-state index is 0. The van der Waals surface area contributed by atoms with E-state index in [2.05, 4.69) is 386 Å². The zero-order chi connectivity index (χ0) is 97.5. The van der Waals surface area contributed by atoms with E-state index in [0.717, 1.165) is 76.6 Å². The Labute approximate surface area is 892 Å². The number of aryl methyl sites for hydroxylation is 2. The van der Waals surface area contributed by atoms with Crippen molar-refractivity contribution in [1.29, 1.82) is 0 Å². The molecule has 0 spiro atoms. The van der Waals surface area contributed by atoms with Gasteiger partial charge in [0.05, 0.1) is 30.7 Å². The van der Waals surface area contributed by atoms with E-state index in [4.69, 9.17) is 41.5 Å². The quantitative estimate of drug-likeness (QED) is 0.0189. The summed E-state index contributed by atoms with van der Waals surface area (Å²) in [5.41, 5.74) is 31.4. The molecule has 0 fully saturated rings. The van der Waals surface area contributed by atoms with E-state index < -0.39 is 15.0 Å². The number of aromatic nitrogens is 10. The van der Waals surface area contributed by atoms with Crippen molar-refractivity contribution in [2.24, 2.45) is 11.5 Å². The van der Waals surface area contributed by atoms with E-state index >= 15 is 0 Å². The molecule has 0 aliphatic heterocycles. The summed E-state index contributed by atoms with van der Waals surface area (Å²) in [6.07, 6.45) is 11.8. The number of benzene rings is 14. The third-order valence-corrected chi connectivity index (χ3v) is 27.6. The van der Waals surface area contributed by atoms with E-state index in [-0.39, 0.29) is 62.2 Å². The fourth-order valence-electron chi connectivity index (χ4n) is 14.8.